The van der Waals surface area contributed by atoms with Crippen LogP contribution in [0.2, 0.25) is 0 Å². The highest BCUT2D eigenvalue weighted by Gasteiger charge is 2.41. The quantitative estimate of drug-likeness (QED) is 0.157. The van der Waals surface area contributed by atoms with Gasteiger partial charge >= 0.3 is 12.1 Å². The van der Waals surface area contributed by atoms with Gasteiger partial charge in [0.1, 0.15) is 22.4 Å². The van der Waals surface area contributed by atoms with Gasteiger partial charge < -0.3 is 14.2 Å². The number of nitrogens with zero attached hydrogens (tertiary/aromatic N) is 5. The third-order valence-corrected chi connectivity index (χ3v) is 10.7. The van der Waals surface area contributed by atoms with Crippen LogP contribution in [-0.4, -0.2) is 64.6 Å². The maximum Gasteiger partial charge on any atom is 0.373 e. The average molecular weight is 740 g/mol. The van der Waals surface area contributed by atoms with E-state index in [2.05, 4.69) is 21.4 Å². The molecule has 13 nitrogen and oxygen atoms in total. The summed E-state index contributed by atoms with van der Waals surface area (Å²) in [6.45, 7) is 8.19. The van der Waals surface area contributed by atoms with E-state index in [1.165, 1.54) is 11.4 Å². The van der Waals surface area contributed by atoms with Crippen LogP contribution < -0.4 is 4.74 Å². The standard InChI is InChI=1S/C38H41N5O6S.CO2/c1-26-16-17-30(20-31(26)23-43-21-27(2)49-34-14-6-7-15-35(34)50(43,45)46)36(38(3,4)37(44)47-5)48-25-32-24-42(41-40-32)22-28-11-10-12-29(19-28)33-13-8-9-18-39-33;2-1-3/h6-20,24,27,36H,21-23,25H2,1-5H3;/t27-,36?;/m1./s1. The van der Waals surface area contributed by atoms with Crippen molar-refractivity contribution >= 4 is 22.1 Å². The van der Waals surface area contributed by atoms with E-state index in [0.717, 1.165) is 27.9 Å². The number of aryl methyl sites for hydroxylation is 1. The number of hydrogen-bond acceptors (Lipinski definition) is 11. The van der Waals surface area contributed by atoms with Gasteiger partial charge in [-0.1, -0.05) is 59.8 Å². The van der Waals surface area contributed by atoms with Crippen molar-refractivity contribution in [3.63, 3.8) is 0 Å². The third-order valence-electron chi connectivity index (χ3n) is 8.86. The highest BCUT2D eigenvalue weighted by atomic mass is 32.2. The number of aromatic nitrogens is 4. The molecule has 0 spiro atoms. The van der Waals surface area contributed by atoms with E-state index >= 15 is 0 Å². The Kier molecular flexibility index (Phi) is 12.3. The summed E-state index contributed by atoms with van der Waals surface area (Å²) in [5, 5.41) is 8.66. The van der Waals surface area contributed by atoms with Gasteiger partial charge in [0, 0.05) is 18.3 Å². The number of hydrogen-bond donors (Lipinski definition) is 0. The highest BCUT2D eigenvalue weighted by Crippen LogP contribution is 2.40. The van der Waals surface area contributed by atoms with Gasteiger partial charge in [0.25, 0.3) is 0 Å². The van der Waals surface area contributed by atoms with E-state index < -0.39 is 27.5 Å². The monoisotopic (exact) mass is 739 g/mol. The SMILES string of the molecule is COC(=O)C(C)(C)C(OCc1cn(Cc2cccc(-c3ccccn3)c2)nn1)c1ccc(C)c(CN2C[C@@H](C)Oc3ccccc3S2(=O)=O)c1.O=C=O. The first-order valence-corrected chi connectivity index (χ1v) is 18.2. The molecular formula is C39H41N5O8S. The van der Waals surface area contributed by atoms with Crippen molar-refractivity contribution < 1.29 is 37.0 Å². The Bertz CT molecular complexity index is 2180. The zero-order chi connectivity index (χ0) is 38.2. The molecule has 0 amide bonds. The summed E-state index contributed by atoms with van der Waals surface area (Å²) >= 11 is 0. The molecule has 0 saturated carbocycles. The first-order chi connectivity index (χ1) is 25.4. The van der Waals surface area contributed by atoms with Crippen LogP contribution in [0.25, 0.3) is 11.3 Å². The number of pyridine rings is 1. The zero-order valence-electron chi connectivity index (χ0n) is 30.1. The van der Waals surface area contributed by atoms with E-state index in [1.54, 1.807) is 49.0 Å². The predicted molar refractivity (Wildman–Crippen MR) is 192 cm³/mol. The number of benzene rings is 3. The van der Waals surface area contributed by atoms with Gasteiger partial charge in [0.2, 0.25) is 10.0 Å². The van der Waals surface area contributed by atoms with E-state index in [0.29, 0.717) is 23.6 Å². The lowest BCUT2D eigenvalue weighted by Crippen LogP contribution is -2.36. The van der Waals surface area contributed by atoms with Gasteiger partial charge in [0.05, 0.1) is 50.2 Å². The molecule has 1 unspecified atom stereocenters. The van der Waals surface area contributed by atoms with Crippen molar-refractivity contribution in [3.8, 4) is 17.0 Å². The maximum atomic E-state index is 13.8. The number of sulfonamides is 1. The Labute approximate surface area is 308 Å². The maximum absolute atomic E-state index is 13.8. The van der Waals surface area contributed by atoms with Gasteiger partial charge in [-0.25, -0.2) is 13.1 Å². The number of fused-ring (bicyclic) bond motifs is 1. The number of rotatable bonds is 11. The predicted octanol–water partition coefficient (Wildman–Crippen LogP) is 5.54. The molecule has 0 saturated heterocycles. The smallest absolute Gasteiger partial charge is 0.373 e. The molecule has 0 fully saturated rings. The summed E-state index contributed by atoms with van der Waals surface area (Å²) < 4.78 is 48.4. The lowest BCUT2D eigenvalue weighted by atomic mass is 9.81. The molecule has 2 aromatic heterocycles. The summed E-state index contributed by atoms with van der Waals surface area (Å²) in [4.78, 5) is 33.9. The minimum atomic E-state index is -3.85. The van der Waals surface area contributed by atoms with Gasteiger partial charge in [-0.05, 0) is 80.3 Å². The molecule has 5 aromatic rings. The first-order valence-electron chi connectivity index (χ1n) is 16.8. The summed E-state index contributed by atoms with van der Waals surface area (Å²) in [7, 11) is -2.50. The highest BCUT2D eigenvalue weighted by molar-refractivity contribution is 7.89. The molecule has 6 rings (SSSR count). The molecule has 53 heavy (non-hydrogen) atoms. The fourth-order valence-electron chi connectivity index (χ4n) is 6.19. The molecule has 3 aromatic carbocycles. The second kappa shape index (κ2) is 16.9. The van der Waals surface area contributed by atoms with Gasteiger partial charge in [-0.2, -0.15) is 13.9 Å². The minimum Gasteiger partial charge on any atom is -0.488 e. The van der Waals surface area contributed by atoms with Crippen molar-refractivity contribution in [1.82, 2.24) is 24.3 Å². The lowest BCUT2D eigenvalue weighted by Gasteiger charge is -2.32. The molecule has 0 N–H and O–H groups in total. The number of esters is 1. The van der Waals surface area contributed by atoms with Crippen LogP contribution in [0.5, 0.6) is 5.75 Å². The Balaban J connectivity index is 0.00000175. The topological polar surface area (TPSA) is 160 Å². The fourth-order valence-corrected chi connectivity index (χ4v) is 7.81. The summed E-state index contributed by atoms with van der Waals surface area (Å²) in [5.74, 6) is -0.102. The molecule has 0 radical (unpaired) electrons. The van der Waals surface area contributed by atoms with Crippen LogP contribution in [0.4, 0.5) is 0 Å². The number of methoxy groups -OCH3 is 1. The van der Waals surface area contributed by atoms with Crippen LogP contribution in [-0.2, 0) is 53.6 Å². The second-order valence-electron chi connectivity index (χ2n) is 13.2. The van der Waals surface area contributed by atoms with Crippen LogP contribution in [0.1, 0.15) is 54.8 Å². The zero-order valence-corrected chi connectivity index (χ0v) is 30.9. The number of carbonyl (C=O) groups excluding carboxylic acids is 3. The minimum absolute atomic E-state index is 0.0778. The van der Waals surface area contributed by atoms with Crippen LogP contribution >= 0.6 is 0 Å². The van der Waals surface area contributed by atoms with Crippen LogP contribution in [0.3, 0.4) is 0 Å². The summed E-state index contributed by atoms with van der Waals surface area (Å²) in [6.07, 6.45) is 2.73. The van der Waals surface area contributed by atoms with Crippen molar-refractivity contribution in [1.29, 1.82) is 0 Å². The fraction of sp³-hybridized carbons (Fsp3) is 0.308. The van der Waals surface area contributed by atoms with E-state index in [9.17, 15) is 13.2 Å². The Morgan fingerprint density at radius 2 is 1.77 bits per heavy atom. The van der Waals surface area contributed by atoms with Gasteiger partial charge in [-0.3, -0.25) is 9.78 Å². The van der Waals surface area contributed by atoms with Crippen molar-refractivity contribution in [2.45, 2.75) is 64.5 Å². The number of carbonyl (C=O) groups is 1. The Morgan fingerprint density at radius 1 is 1.02 bits per heavy atom. The summed E-state index contributed by atoms with van der Waals surface area (Å²) in [6, 6.07) is 26.4. The Hall–Kier alpha value is -5.53. The van der Waals surface area contributed by atoms with Crippen LogP contribution in [0.15, 0.2) is 102 Å². The second-order valence-corrected chi connectivity index (χ2v) is 15.1. The molecule has 2 atom stereocenters. The summed E-state index contributed by atoms with van der Waals surface area (Å²) in [5.41, 5.74) is 4.83. The largest absolute Gasteiger partial charge is 0.488 e. The first kappa shape index (κ1) is 38.7. The molecule has 1 aliphatic rings. The van der Waals surface area contributed by atoms with E-state index in [4.69, 9.17) is 23.8 Å². The third kappa shape index (κ3) is 9.10. The van der Waals surface area contributed by atoms with Crippen LogP contribution in [0, 0.1) is 12.3 Å². The molecule has 3 heterocycles. The van der Waals surface area contributed by atoms with Crippen molar-refractivity contribution in [3.05, 3.63) is 125 Å². The molecule has 276 valence electrons. The number of para-hydroxylation sites is 1. The Morgan fingerprint density at radius 3 is 2.51 bits per heavy atom. The van der Waals surface area contributed by atoms with Crippen molar-refractivity contribution in [2.24, 2.45) is 5.41 Å². The average Bonchev–Trinajstić information content (AvgIpc) is 3.56. The van der Waals surface area contributed by atoms with Gasteiger partial charge in [0.15, 0.2) is 0 Å². The van der Waals surface area contributed by atoms with Crippen molar-refractivity contribution in [2.75, 3.05) is 13.7 Å². The molecular weight excluding hydrogens is 699 g/mol. The van der Waals surface area contributed by atoms with Gasteiger partial charge in [-0.15, -0.1) is 5.10 Å². The molecule has 0 aliphatic carbocycles. The molecule has 1 aliphatic heterocycles. The molecule has 0 bridgehead atoms. The lowest BCUT2D eigenvalue weighted by molar-refractivity contribution is -0.191. The van der Waals surface area contributed by atoms with E-state index in [1.807, 2.05) is 74.6 Å². The normalized spacial score (nSPS) is 15.8. The van der Waals surface area contributed by atoms with E-state index in [-0.39, 0.29) is 36.8 Å². The molecule has 14 heteroatoms. The number of ether oxygens (including phenoxy) is 3.